The fraction of sp³-hybridized carbons (Fsp3) is 0.143. The first-order valence-electron chi connectivity index (χ1n) is 5.60. The Morgan fingerprint density at radius 2 is 1.95 bits per heavy atom. The van der Waals surface area contributed by atoms with E-state index in [0.29, 0.717) is 11.4 Å². The zero-order chi connectivity index (χ0) is 14.0. The quantitative estimate of drug-likeness (QED) is 0.677. The lowest BCUT2D eigenvalue weighted by Crippen LogP contribution is -2.04. The minimum Gasteiger partial charge on any atom is -0.487 e. The van der Waals surface area contributed by atoms with Crippen LogP contribution in [0.3, 0.4) is 0 Å². The van der Waals surface area contributed by atoms with Gasteiger partial charge in [-0.15, -0.1) is 0 Å². The lowest BCUT2D eigenvalue weighted by atomic mass is 10.2. The molecule has 2 aromatic rings. The molecule has 0 aromatic heterocycles. The number of aryl methyl sites for hydroxylation is 1. The Kier molecular flexibility index (Phi) is 4.04. The van der Waals surface area contributed by atoms with Crippen molar-refractivity contribution in [1.29, 1.82) is 0 Å². The van der Waals surface area contributed by atoms with Gasteiger partial charge in [0, 0.05) is 0 Å². The third-order valence-electron chi connectivity index (χ3n) is 2.68. The number of hydrogen-bond acceptors (Lipinski definition) is 2. The Labute approximate surface area is 118 Å². The molecule has 2 rings (SSSR count). The summed E-state index contributed by atoms with van der Waals surface area (Å²) in [6.07, 6.45) is 0. The zero-order valence-electron chi connectivity index (χ0n) is 10.2. The summed E-state index contributed by atoms with van der Waals surface area (Å²) in [5, 5.41) is 0. The number of nitrogen functional groups attached to an aromatic ring is 1. The standard InChI is InChI=1S/C14H12BrF2NO/c1-8-2-5-12(18)13(6-8)19-7-9-11(16)4-3-10(15)14(9)17/h2-6H,7,18H2,1H3. The zero-order valence-corrected chi connectivity index (χ0v) is 11.8. The fourth-order valence-electron chi connectivity index (χ4n) is 1.62. The number of ether oxygens (including phenoxy) is 1. The van der Waals surface area contributed by atoms with E-state index in [-0.39, 0.29) is 16.6 Å². The summed E-state index contributed by atoms with van der Waals surface area (Å²) in [6, 6.07) is 7.75. The molecule has 2 aromatic carbocycles. The first kappa shape index (κ1) is 13.8. The normalized spacial score (nSPS) is 10.5. The van der Waals surface area contributed by atoms with Gasteiger partial charge in [0.15, 0.2) is 0 Å². The monoisotopic (exact) mass is 327 g/mol. The van der Waals surface area contributed by atoms with Crippen LogP contribution in [0.4, 0.5) is 14.5 Å². The van der Waals surface area contributed by atoms with Crippen LogP contribution in [0.5, 0.6) is 5.75 Å². The maximum atomic E-state index is 13.7. The van der Waals surface area contributed by atoms with E-state index in [2.05, 4.69) is 15.9 Å². The Morgan fingerprint density at radius 3 is 2.68 bits per heavy atom. The number of nitrogens with two attached hydrogens (primary N) is 1. The smallest absolute Gasteiger partial charge is 0.146 e. The highest BCUT2D eigenvalue weighted by Crippen LogP contribution is 2.26. The van der Waals surface area contributed by atoms with E-state index in [1.165, 1.54) is 12.1 Å². The van der Waals surface area contributed by atoms with Gasteiger partial charge in [0.25, 0.3) is 0 Å². The SMILES string of the molecule is Cc1ccc(N)c(OCc2c(F)ccc(Br)c2F)c1. The molecule has 0 heterocycles. The highest BCUT2D eigenvalue weighted by molar-refractivity contribution is 9.10. The molecule has 19 heavy (non-hydrogen) atoms. The van der Waals surface area contributed by atoms with Gasteiger partial charge in [-0.25, -0.2) is 8.78 Å². The highest BCUT2D eigenvalue weighted by Gasteiger charge is 2.13. The van der Waals surface area contributed by atoms with Gasteiger partial charge in [0.2, 0.25) is 0 Å². The Bertz CT molecular complexity index is 617. The minimum atomic E-state index is -0.661. The predicted molar refractivity (Wildman–Crippen MR) is 74.0 cm³/mol. The van der Waals surface area contributed by atoms with Crippen molar-refractivity contribution in [2.24, 2.45) is 0 Å². The maximum absolute atomic E-state index is 13.7. The third-order valence-corrected chi connectivity index (χ3v) is 3.29. The number of hydrogen-bond donors (Lipinski definition) is 1. The molecule has 0 amide bonds. The van der Waals surface area contributed by atoms with Gasteiger partial charge < -0.3 is 10.5 Å². The lowest BCUT2D eigenvalue weighted by molar-refractivity contribution is 0.293. The second kappa shape index (κ2) is 5.57. The molecule has 5 heteroatoms. The second-order valence-electron chi connectivity index (χ2n) is 4.15. The molecular weight excluding hydrogens is 316 g/mol. The van der Waals surface area contributed by atoms with Gasteiger partial charge in [-0.3, -0.25) is 0 Å². The van der Waals surface area contributed by atoms with E-state index in [4.69, 9.17) is 10.5 Å². The molecule has 0 aliphatic carbocycles. The van der Waals surface area contributed by atoms with Crippen LogP contribution in [-0.4, -0.2) is 0 Å². The molecule has 0 aliphatic heterocycles. The summed E-state index contributed by atoms with van der Waals surface area (Å²) in [6.45, 7) is 1.66. The summed E-state index contributed by atoms with van der Waals surface area (Å²) >= 11 is 3.01. The van der Waals surface area contributed by atoms with E-state index in [1.807, 2.05) is 13.0 Å². The largest absolute Gasteiger partial charge is 0.487 e. The van der Waals surface area contributed by atoms with Crippen molar-refractivity contribution in [1.82, 2.24) is 0 Å². The Hall–Kier alpha value is -1.62. The molecular formula is C14H12BrF2NO. The van der Waals surface area contributed by atoms with Crippen LogP contribution < -0.4 is 10.5 Å². The van der Waals surface area contributed by atoms with E-state index in [0.717, 1.165) is 5.56 Å². The molecule has 0 fully saturated rings. The van der Waals surface area contributed by atoms with Crippen molar-refractivity contribution in [3.05, 3.63) is 57.6 Å². The first-order chi connectivity index (χ1) is 8.99. The molecule has 0 bridgehead atoms. The van der Waals surface area contributed by atoms with Crippen LogP contribution >= 0.6 is 15.9 Å². The van der Waals surface area contributed by atoms with Gasteiger partial charge >= 0.3 is 0 Å². The molecule has 2 nitrogen and oxygen atoms in total. The fourth-order valence-corrected chi connectivity index (χ4v) is 1.99. The van der Waals surface area contributed by atoms with Gasteiger partial charge in [-0.2, -0.15) is 0 Å². The third kappa shape index (κ3) is 3.04. The van der Waals surface area contributed by atoms with Crippen LogP contribution in [0.25, 0.3) is 0 Å². The molecule has 2 N–H and O–H groups in total. The van der Waals surface area contributed by atoms with Crippen molar-refractivity contribution < 1.29 is 13.5 Å². The van der Waals surface area contributed by atoms with Crippen molar-refractivity contribution in [2.45, 2.75) is 13.5 Å². The molecule has 0 atom stereocenters. The highest BCUT2D eigenvalue weighted by atomic mass is 79.9. The second-order valence-corrected chi connectivity index (χ2v) is 5.01. The molecule has 0 saturated carbocycles. The van der Waals surface area contributed by atoms with Crippen molar-refractivity contribution in [3.8, 4) is 5.75 Å². The van der Waals surface area contributed by atoms with Gasteiger partial charge in [0.1, 0.15) is 24.0 Å². The van der Waals surface area contributed by atoms with E-state index >= 15 is 0 Å². The molecule has 0 unspecified atom stereocenters. The van der Waals surface area contributed by atoms with Crippen LogP contribution in [-0.2, 0) is 6.61 Å². The summed E-state index contributed by atoms with van der Waals surface area (Å²) in [5.41, 5.74) is 7.00. The van der Waals surface area contributed by atoms with Crippen LogP contribution in [0.1, 0.15) is 11.1 Å². The lowest BCUT2D eigenvalue weighted by Gasteiger charge is -2.11. The first-order valence-corrected chi connectivity index (χ1v) is 6.39. The van der Waals surface area contributed by atoms with E-state index in [1.54, 1.807) is 12.1 Å². The number of rotatable bonds is 3. The maximum Gasteiger partial charge on any atom is 0.146 e. The molecule has 0 spiro atoms. The van der Waals surface area contributed by atoms with Crippen molar-refractivity contribution >= 4 is 21.6 Å². The Morgan fingerprint density at radius 1 is 1.21 bits per heavy atom. The number of anilines is 1. The Balaban J connectivity index is 2.24. The van der Waals surface area contributed by atoms with Gasteiger partial charge in [-0.05, 0) is 52.7 Å². The van der Waals surface area contributed by atoms with E-state index in [9.17, 15) is 8.78 Å². The predicted octanol–water partition coefficient (Wildman–Crippen LogP) is 4.20. The molecule has 0 aliphatic rings. The average molecular weight is 328 g/mol. The minimum absolute atomic E-state index is 0.129. The van der Waals surface area contributed by atoms with Crippen LogP contribution in [0.2, 0.25) is 0 Å². The average Bonchev–Trinajstić information content (AvgIpc) is 2.38. The number of benzene rings is 2. The topological polar surface area (TPSA) is 35.2 Å². The van der Waals surface area contributed by atoms with Crippen LogP contribution in [0, 0.1) is 18.6 Å². The van der Waals surface area contributed by atoms with Crippen molar-refractivity contribution in [3.63, 3.8) is 0 Å². The summed E-state index contributed by atoms with van der Waals surface area (Å²) < 4.78 is 32.9. The summed E-state index contributed by atoms with van der Waals surface area (Å²) in [7, 11) is 0. The molecule has 0 saturated heterocycles. The van der Waals surface area contributed by atoms with Gasteiger partial charge in [-0.1, -0.05) is 6.07 Å². The summed E-state index contributed by atoms with van der Waals surface area (Å²) in [5.74, 6) is -0.892. The summed E-state index contributed by atoms with van der Waals surface area (Å²) in [4.78, 5) is 0. The van der Waals surface area contributed by atoms with Gasteiger partial charge in [0.05, 0.1) is 15.7 Å². The molecule has 0 radical (unpaired) electrons. The van der Waals surface area contributed by atoms with Crippen molar-refractivity contribution in [2.75, 3.05) is 5.73 Å². The van der Waals surface area contributed by atoms with Crippen LogP contribution in [0.15, 0.2) is 34.8 Å². The number of halogens is 3. The van der Waals surface area contributed by atoms with E-state index < -0.39 is 11.6 Å². The molecule has 100 valence electrons.